The molecule has 0 aliphatic heterocycles. The normalized spacial score (nSPS) is 42.3. The number of aliphatic hydroxyl groups is 4. The minimum Gasteiger partial charge on any atom is -0.508 e. The molecule has 8 nitrogen and oxygen atoms in total. The summed E-state index contributed by atoms with van der Waals surface area (Å²) in [5.74, 6) is -2.43. The summed E-state index contributed by atoms with van der Waals surface area (Å²) >= 11 is 0. The Labute approximate surface area is 218 Å². The zero-order valence-corrected chi connectivity index (χ0v) is 21.6. The van der Waals surface area contributed by atoms with Crippen LogP contribution in [-0.2, 0) is 9.59 Å². The minimum atomic E-state index is -2.18. The average Bonchev–Trinajstić information content (AvgIpc) is 2.85. The first kappa shape index (κ1) is 26.5. The zero-order chi connectivity index (χ0) is 26.6. The molecule has 37 heavy (non-hydrogen) atoms. The van der Waals surface area contributed by atoms with E-state index in [1.165, 1.54) is 0 Å². The molecule has 8 heteroatoms. The Balaban J connectivity index is 1.40. The van der Waals surface area contributed by atoms with E-state index in [9.17, 15) is 30.0 Å². The summed E-state index contributed by atoms with van der Waals surface area (Å²) in [6, 6.07) is 0.440. The number of hydrogen-bond donors (Lipinski definition) is 6. The Kier molecular flexibility index (Phi) is 7.09. The molecule has 0 radical (unpaired) electrons. The van der Waals surface area contributed by atoms with Gasteiger partial charge in [0.2, 0.25) is 0 Å². The van der Waals surface area contributed by atoms with Crippen LogP contribution >= 0.6 is 0 Å². The van der Waals surface area contributed by atoms with Gasteiger partial charge < -0.3 is 31.5 Å². The Hall–Kier alpha value is -2.10. The summed E-state index contributed by atoms with van der Waals surface area (Å²) in [4.78, 5) is 27.0. The van der Waals surface area contributed by atoms with Crippen LogP contribution in [0.3, 0.4) is 0 Å². The number of hydrogen-bond acceptors (Lipinski definition) is 8. The van der Waals surface area contributed by atoms with Gasteiger partial charge in [-0.25, -0.2) is 0 Å². The number of rotatable bonds is 5. The van der Waals surface area contributed by atoms with E-state index in [-0.39, 0.29) is 40.8 Å². The van der Waals surface area contributed by atoms with Gasteiger partial charge in [0, 0.05) is 29.7 Å². The number of nitrogens with two attached hydrogens (primary N) is 1. The van der Waals surface area contributed by atoms with Crippen LogP contribution < -0.4 is 11.1 Å². The highest BCUT2D eigenvalue weighted by molar-refractivity contribution is 6.06. The number of carbonyl (C=O) groups is 2. The third-order valence-corrected chi connectivity index (χ3v) is 9.57. The molecule has 0 aromatic heterocycles. The van der Waals surface area contributed by atoms with Crippen molar-refractivity contribution in [3.05, 3.63) is 47.3 Å². The summed E-state index contributed by atoms with van der Waals surface area (Å²) in [5.41, 5.74) is 3.52. The smallest absolute Gasteiger partial charge is 0.196 e. The number of aliphatic hydroxyl groups excluding tert-OH is 3. The highest BCUT2D eigenvalue weighted by Crippen LogP contribution is 2.55. The topological polar surface area (TPSA) is 153 Å². The molecule has 0 spiro atoms. The number of nitrogens with one attached hydrogen (secondary N) is 1. The molecule has 5 rings (SSSR count). The van der Waals surface area contributed by atoms with Gasteiger partial charge in [-0.2, -0.15) is 0 Å². The van der Waals surface area contributed by atoms with Gasteiger partial charge in [-0.3, -0.25) is 9.59 Å². The predicted octanol–water partition coefficient (Wildman–Crippen LogP) is 1.67. The van der Waals surface area contributed by atoms with Crippen LogP contribution in [0.2, 0.25) is 0 Å². The lowest BCUT2D eigenvalue weighted by atomic mass is 9.51. The molecule has 0 aromatic rings. The SMILES string of the molecule is CC(C)NCC1C=CC(C2C=CC(O)=C3C(=O)C4C(O)[C@]5(O)C(=O)C(C(N)O)=CC[C@@H]5C[C@@H]4CC32)CC1. The minimum absolute atomic E-state index is 0.0656. The van der Waals surface area contributed by atoms with Crippen LogP contribution in [-0.4, -0.2) is 62.5 Å². The van der Waals surface area contributed by atoms with Gasteiger partial charge in [-0.1, -0.05) is 38.2 Å². The summed E-state index contributed by atoms with van der Waals surface area (Å²) in [7, 11) is 0. The molecule has 7 N–H and O–H groups in total. The third kappa shape index (κ3) is 4.36. The molecule has 5 aliphatic carbocycles. The van der Waals surface area contributed by atoms with Crippen molar-refractivity contribution in [1.29, 1.82) is 0 Å². The molecule has 202 valence electrons. The van der Waals surface area contributed by atoms with Crippen molar-refractivity contribution in [3.8, 4) is 0 Å². The third-order valence-electron chi connectivity index (χ3n) is 9.57. The van der Waals surface area contributed by atoms with E-state index in [0.29, 0.717) is 36.8 Å². The lowest BCUT2D eigenvalue weighted by Crippen LogP contribution is -2.67. The molecule has 0 saturated heterocycles. The first-order valence-electron chi connectivity index (χ1n) is 13.7. The van der Waals surface area contributed by atoms with Crippen LogP contribution in [0.25, 0.3) is 0 Å². The van der Waals surface area contributed by atoms with Crippen LogP contribution in [0.4, 0.5) is 0 Å². The number of Topliss-reactive ketones (excluding diaryl/α,β-unsaturated/α-hetero) is 2. The van der Waals surface area contributed by atoms with Gasteiger partial charge in [0.1, 0.15) is 18.1 Å². The maximum absolute atomic E-state index is 13.8. The van der Waals surface area contributed by atoms with E-state index in [2.05, 4.69) is 31.3 Å². The zero-order valence-electron chi connectivity index (χ0n) is 21.6. The monoisotopic (exact) mass is 512 g/mol. The second-order valence-corrected chi connectivity index (χ2v) is 12.0. The second-order valence-electron chi connectivity index (χ2n) is 12.0. The van der Waals surface area contributed by atoms with Crippen LogP contribution in [0, 0.1) is 41.4 Å². The Bertz CT molecular complexity index is 1070. The van der Waals surface area contributed by atoms with E-state index >= 15 is 0 Å². The summed E-state index contributed by atoms with van der Waals surface area (Å²) < 4.78 is 0. The van der Waals surface area contributed by atoms with E-state index in [0.717, 1.165) is 19.4 Å². The fourth-order valence-corrected chi connectivity index (χ4v) is 7.62. The van der Waals surface area contributed by atoms with Crippen molar-refractivity contribution in [2.45, 2.75) is 69.9 Å². The van der Waals surface area contributed by atoms with E-state index < -0.39 is 35.6 Å². The fourth-order valence-electron chi connectivity index (χ4n) is 7.62. The first-order valence-corrected chi connectivity index (χ1v) is 13.7. The lowest BCUT2D eigenvalue weighted by Gasteiger charge is -2.54. The van der Waals surface area contributed by atoms with Crippen molar-refractivity contribution in [3.63, 3.8) is 0 Å². The summed E-state index contributed by atoms with van der Waals surface area (Å²) in [5, 5.41) is 46.9. The van der Waals surface area contributed by atoms with Gasteiger partial charge in [-0.05, 0) is 67.8 Å². The second kappa shape index (κ2) is 9.89. The maximum atomic E-state index is 13.8. The van der Waals surface area contributed by atoms with Gasteiger partial charge in [0.15, 0.2) is 17.2 Å². The number of fused-ring (bicyclic) bond motifs is 3. The quantitative estimate of drug-likeness (QED) is 0.240. The van der Waals surface area contributed by atoms with Crippen molar-refractivity contribution < 1.29 is 30.0 Å². The molecule has 2 fully saturated rings. The largest absolute Gasteiger partial charge is 0.508 e. The average molecular weight is 513 g/mol. The fraction of sp³-hybridized carbons (Fsp3) is 0.655. The van der Waals surface area contributed by atoms with Crippen molar-refractivity contribution in [2.24, 2.45) is 47.2 Å². The van der Waals surface area contributed by atoms with Crippen molar-refractivity contribution in [2.75, 3.05) is 6.54 Å². The molecular formula is C29H40N2O6. The van der Waals surface area contributed by atoms with Crippen molar-refractivity contribution >= 4 is 11.6 Å². The Morgan fingerprint density at radius 2 is 1.92 bits per heavy atom. The van der Waals surface area contributed by atoms with Crippen molar-refractivity contribution in [1.82, 2.24) is 5.32 Å². The molecule has 5 aliphatic rings. The standard InChI is InChI=1S/C29H40N2O6/c1-14(2)31-13-15-3-5-16(6-4-15)19-9-10-22(32)24-21(19)12-17-11-18-7-8-20(28(30)36)26(34)29(18,37)27(35)23(17)25(24)33/h3,5,8-10,14-19,21,23,27-28,31-32,35-37H,4,6-7,11-13,30H2,1-2H3/t15?,16?,17-,18-,19?,21?,23?,27?,28?,29-/m1/s1. The number of ketones is 2. The Morgan fingerprint density at radius 1 is 1.16 bits per heavy atom. The summed E-state index contributed by atoms with van der Waals surface area (Å²) in [6.07, 6.45) is 9.86. The van der Waals surface area contributed by atoms with Gasteiger partial charge in [0.05, 0.1) is 5.92 Å². The number of allylic oxidation sites excluding steroid dienone is 5. The highest BCUT2D eigenvalue weighted by atomic mass is 16.4. The number of carbonyl (C=O) groups excluding carboxylic acids is 2. The van der Waals surface area contributed by atoms with Gasteiger partial charge in [-0.15, -0.1) is 0 Å². The van der Waals surface area contributed by atoms with Gasteiger partial charge in [0.25, 0.3) is 0 Å². The molecular weight excluding hydrogens is 472 g/mol. The van der Waals surface area contributed by atoms with Gasteiger partial charge >= 0.3 is 0 Å². The molecule has 2 saturated carbocycles. The van der Waals surface area contributed by atoms with Crippen LogP contribution in [0.15, 0.2) is 47.3 Å². The Morgan fingerprint density at radius 3 is 2.57 bits per heavy atom. The van der Waals surface area contributed by atoms with E-state index in [1.807, 2.05) is 6.08 Å². The van der Waals surface area contributed by atoms with Crippen LogP contribution in [0.5, 0.6) is 0 Å². The lowest BCUT2D eigenvalue weighted by molar-refractivity contribution is -0.190. The molecule has 7 unspecified atom stereocenters. The summed E-state index contributed by atoms with van der Waals surface area (Å²) in [6.45, 7) is 5.22. The predicted molar refractivity (Wildman–Crippen MR) is 138 cm³/mol. The molecule has 0 bridgehead atoms. The molecule has 0 aromatic carbocycles. The van der Waals surface area contributed by atoms with E-state index in [4.69, 9.17) is 5.73 Å². The maximum Gasteiger partial charge on any atom is 0.196 e. The highest BCUT2D eigenvalue weighted by Gasteiger charge is 2.63. The first-order chi connectivity index (χ1) is 17.5. The van der Waals surface area contributed by atoms with Crippen LogP contribution in [0.1, 0.15) is 46.0 Å². The molecule has 0 heterocycles. The molecule has 0 amide bonds. The van der Waals surface area contributed by atoms with E-state index in [1.54, 1.807) is 12.2 Å². The molecule has 10 atom stereocenters.